The molecule has 94 valence electrons. The van der Waals surface area contributed by atoms with E-state index in [1.807, 2.05) is 6.08 Å². The van der Waals surface area contributed by atoms with Crippen LogP contribution in [-0.4, -0.2) is 5.78 Å². The summed E-state index contributed by atoms with van der Waals surface area (Å²) in [7, 11) is 0. The molecule has 0 aromatic carbocycles. The van der Waals surface area contributed by atoms with E-state index < -0.39 is 0 Å². The quantitative estimate of drug-likeness (QED) is 0.614. The first-order chi connectivity index (χ1) is 7.93. The molecule has 0 unspecified atom stereocenters. The molecule has 2 saturated carbocycles. The van der Waals surface area contributed by atoms with Crippen LogP contribution in [0, 0.1) is 22.7 Å². The molecule has 3 rings (SSSR count). The van der Waals surface area contributed by atoms with Gasteiger partial charge in [-0.25, -0.2) is 0 Å². The van der Waals surface area contributed by atoms with E-state index in [0.717, 1.165) is 12.3 Å². The van der Waals surface area contributed by atoms with E-state index in [9.17, 15) is 4.79 Å². The highest BCUT2D eigenvalue weighted by molar-refractivity contribution is 5.93. The van der Waals surface area contributed by atoms with Crippen LogP contribution in [0.5, 0.6) is 0 Å². The number of hydrogen-bond donors (Lipinski definition) is 0. The smallest absolute Gasteiger partial charge is 0.156 e. The first kappa shape index (κ1) is 11.5. The van der Waals surface area contributed by atoms with Crippen LogP contribution in [0.15, 0.2) is 11.6 Å². The molecule has 2 fully saturated rings. The van der Waals surface area contributed by atoms with Crippen LogP contribution in [-0.2, 0) is 4.79 Å². The van der Waals surface area contributed by atoms with E-state index in [1.54, 1.807) is 0 Å². The minimum atomic E-state index is 0.384. The molecule has 0 aromatic heterocycles. The number of carbonyl (C=O) groups excluding carboxylic acids is 1. The number of fused-ring (bicyclic) bond motifs is 3. The normalized spacial score (nSPS) is 43.9. The fourth-order valence-corrected chi connectivity index (χ4v) is 5.22. The van der Waals surface area contributed by atoms with Crippen LogP contribution in [0.1, 0.15) is 59.3 Å². The predicted octanol–water partition coefficient (Wildman–Crippen LogP) is 4.13. The zero-order valence-corrected chi connectivity index (χ0v) is 11.4. The summed E-state index contributed by atoms with van der Waals surface area (Å²) in [5.74, 6) is 1.78. The summed E-state index contributed by atoms with van der Waals surface area (Å²) in [6.07, 6.45) is 9.30. The van der Waals surface area contributed by atoms with Crippen LogP contribution in [0.3, 0.4) is 0 Å². The molecule has 3 aliphatic rings. The van der Waals surface area contributed by atoms with Gasteiger partial charge in [-0.3, -0.25) is 4.79 Å². The Balaban J connectivity index is 1.99. The van der Waals surface area contributed by atoms with Crippen LogP contribution in [0.2, 0.25) is 0 Å². The van der Waals surface area contributed by atoms with E-state index in [2.05, 4.69) is 20.8 Å². The maximum Gasteiger partial charge on any atom is 0.156 e. The van der Waals surface area contributed by atoms with Gasteiger partial charge in [-0.2, -0.15) is 0 Å². The molecule has 1 nitrogen and oxygen atoms in total. The average molecular weight is 232 g/mol. The Bertz CT molecular complexity index is 390. The molecule has 0 radical (unpaired) electrons. The Labute approximate surface area is 105 Å². The van der Waals surface area contributed by atoms with Crippen molar-refractivity contribution in [1.29, 1.82) is 0 Å². The molecular weight excluding hydrogens is 208 g/mol. The Morgan fingerprint density at radius 1 is 1.24 bits per heavy atom. The predicted molar refractivity (Wildman–Crippen MR) is 69.7 cm³/mol. The summed E-state index contributed by atoms with van der Waals surface area (Å²) in [6.45, 7) is 7.36. The second-order valence-electron chi connectivity index (χ2n) is 7.38. The fraction of sp³-hybridized carbons (Fsp3) is 0.812. The molecule has 0 aliphatic heterocycles. The van der Waals surface area contributed by atoms with E-state index in [-0.39, 0.29) is 0 Å². The lowest BCUT2D eigenvalue weighted by Gasteiger charge is -2.57. The summed E-state index contributed by atoms with van der Waals surface area (Å²) < 4.78 is 0. The van der Waals surface area contributed by atoms with Crippen LogP contribution in [0.25, 0.3) is 0 Å². The van der Waals surface area contributed by atoms with Gasteiger partial charge in [0.1, 0.15) is 0 Å². The Morgan fingerprint density at radius 2 is 2.00 bits per heavy atom. The van der Waals surface area contributed by atoms with Crippen molar-refractivity contribution in [2.45, 2.75) is 59.3 Å². The first-order valence-corrected chi connectivity index (χ1v) is 7.17. The largest absolute Gasteiger partial charge is 0.295 e. The van der Waals surface area contributed by atoms with E-state index in [1.165, 1.54) is 37.7 Å². The van der Waals surface area contributed by atoms with Crippen LogP contribution in [0.4, 0.5) is 0 Å². The molecule has 17 heavy (non-hydrogen) atoms. The Morgan fingerprint density at radius 3 is 2.76 bits per heavy atom. The van der Waals surface area contributed by atoms with Gasteiger partial charge in [0.15, 0.2) is 5.78 Å². The summed E-state index contributed by atoms with van der Waals surface area (Å²) >= 11 is 0. The number of hydrogen-bond acceptors (Lipinski definition) is 1. The lowest BCUT2D eigenvalue weighted by atomic mass is 9.48. The number of allylic oxidation sites excluding steroid dienone is 2. The van der Waals surface area contributed by atoms with Crippen LogP contribution >= 0.6 is 0 Å². The zero-order chi connectivity index (χ0) is 12.3. The number of rotatable bonds is 0. The van der Waals surface area contributed by atoms with Gasteiger partial charge in [0.2, 0.25) is 0 Å². The third kappa shape index (κ3) is 1.54. The topological polar surface area (TPSA) is 17.1 Å². The lowest BCUT2D eigenvalue weighted by Crippen LogP contribution is -2.48. The summed E-state index contributed by atoms with van der Waals surface area (Å²) in [5.41, 5.74) is 2.36. The van der Waals surface area contributed by atoms with Gasteiger partial charge in [-0.1, -0.05) is 32.8 Å². The summed E-state index contributed by atoms with van der Waals surface area (Å²) in [5, 5.41) is 0. The fourth-order valence-electron chi connectivity index (χ4n) is 5.22. The van der Waals surface area contributed by atoms with Crippen molar-refractivity contribution >= 4 is 5.78 Å². The van der Waals surface area contributed by atoms with E-state index in [4.69, 9.17) is 0 Å². The summed E-state index contributed by atoms with van der Waals surface area (Å²) in [4.78, 5) is 11.7. The molecule has 0 N–H and O–H groups in total. The minimum Gasteiger partial charge on any atom is -0.295 e. The van der Waals surface area contributed by atoms with E-state index >= 15 is 0 Å². The molecule has 0 saturated heterocycles. The highest BCUT2D eigenvalue weighted by Gasteiger charge is 2.54. The number of carbonyl (C=O) groups is 1. The third-order valence-electron chi connectivity index (χ3n) is 5.99. The average Bonchev–Trinajstić information content (AvgIpc) is 2.58. The van der Waals surface area contributed by atoms with Gasteiger partial charge < -0.3 is 0 Å². The van der Waals surface area contributed by atoms with Gasteiger partial charge in [-0.15, -0.1) is 0 Å². The minimum absolute atomic E-state index is 0.384. The first-order valence-electron chi connectivity index (χ1n) is 7.17. The molecule has 0 bridgehead atoms. The number of ketones is 1. The summed E-state index contributed by atoms with van der Waals surface area (Å²) in [6, 6.07) is 0. The highest BCUT2D eigenvalue weighted by atomic mass is 16.1. The van der Waals surface area contributed by atoms with Gasteiger partial charge in [0, 0.05) is 6.42 Å². The van der Waals surface area contributed by atoms with Crippen molar-refractivity contribution in [2.24, 2.45) is 22.7 Å². The van der Waals surface area contributed by atoms with E-state index in [0.29, 0.717) is 22.5 Å². The standard InChI is InChI=1S/C16H24O/c1-15(2)7-4-8-16(3)13-10-12(17)9-11(13)5-6-14(15)16/h9,13-14H,4-8,10H2,1-3H3/t13-,14-,16+/m0/s1. The van der Waals surface area contributed by atoms with Crippen molar-refractivity contribution in [1.82, 2.24) is 0 Å². The van der Waals surface area contributed by atoms with Crippen molar-refractivity contribution < 1.29 is 4.79 Å². The molecule has 0 aromatic rings. The van der Waals surface area contributed by atoms with Gasteiger partial charge in [0.25, 0.3) is 0 Å². The Hall–Kier alpha value is -0.590. The lowest BCUT2D eigenvalue weighted by molar-refractivity contribution is -0.116. The monoisotopic (exact) mass is 232 g/mol. The molecule has 0 spiro atoms. The van der Waals surface area contributed by atoms with Gasteiger partial charge in [0.05, 0.1) is 0 Å². The van der Waals surface area contributed by atoms with Crippen molar-refractivity contribution in [2.75, 3.05) is 0 Å². The molecule has 1 heteroatoms. The molecule has 3 aliphatic carbocycles. The maximum absolute atomic E-state index is 11.7. The van der Waals surface area contributed by atoms with Crippen LogP contribution < -0.4 is 0 Å². The second kappa shape index (κ2) is 3.46. The zero-order valence-electron chi connectivity index (χ0n) is 11.4. The molecule has 3 atom stereocenters. The third-order valence-corrected chi connectivity index (χ3v) is 5.99. The van der Waals surface area contributed by atoms with Gasteiger partial charge in [-0.05, 0) is 54.4 Å². The second-order valence-corrected chi connectivity index (χ2v) is 7.38. The van der Waals surface area contributed by atoms with Crippen molar-refractivity contribution in [3.05, 3.63) is 11.6 Å². The molecule has 0 heterocycles. The van der Waals surface area contributed by atoms with Crippen molar-refractivity contribution in [3.63, 3.8) is 0 Å². The van der Waals surface area contributed by atoms with Crippen molar-refractivity contribution in [3.8, 4) is 0 Å². The highest BCUT2D eigenvalue weighted by Crippen LogP contribution is 2.62. The Kier molecular flexibility index (Phi) is 2.34. The molecule has 0 amide bonds. The SMILES string of the molecule is CC1(C)CCC[C@]2(C)[C@H]3CC(=O)C=C3CC[C@@H]12. The maximum atomic E-state index is 11.7. The van der Waals surface area contributed by atoms with Gasteiger partial charge >= 0.3 is 0 Å². The molecular formula is C16H24O.